The molecule has 0 saturated heterocycles. The predicted molar refractivity (Wildman–Crippen MR) is 46.0 cm³/mol. The van der Waals surface area contributed by atoms with Gasteiger partial charge in [0, 0.05) is 0 Å². The Morgan fingerprint density at radius 2 is 2.08 bits per heavy atom. The Bertz CT molecular complexity index is 411. The Labute approximate surface area is 76.4 Å². The molecule has 62 valence electrons. The lowest BCUT2D eigenvalue weighted by atomic mass is 10.1. The van der Waals surface area contributed by atoms with Gasteiger partial charge < -0.3 is 0 Å². The highest BCUT2D eigenvalue weighted by molar-refractivity contribution is 5.38. The molecule has 1 heterocycles. The van der Waals surface area contributed by atoms with Gasteiger partial charge in [-0.25, -0.2) is 0 Å². The van der Waals surface area contributed by atoms with Crippen molar-refractivity contribution in [1.82, 2.24) is 4.90 Å². The van der Waals surface area contributed by atoms with Crippen LogP contribution in [-0.4, -0.2) is 4.90 Å². The third-order valence-corrected chi connectivity index (χ3v) is 2.25. The van der Waals surface area contributed by atoms with Gasteiger partial charge in [0.2, 0.25) is 0 Å². The average molecular weight is 169 g/mol. The van der Waals surface area contributed by atoms with E-state index in [-0.39, 0.29) is 6.04 Å². The van der Waals surface area contributed by atoms with Gasteiger partial charge in [-0.3, -0.25) is 4.90 Å². The Morgan fingerprint density at radius 1 is 1.31 bits per heavy atom. The van der Waals surface area contributed by atoms with Crippen LogP contribution in [0, 0.1) is 22.8 Å². The molecular weight excluding hydrogens is 162 g/mol. The summed E-state index contributed by atoms with van der Waals surface area (Å²) in [6.07, 6.45) is 2.02. The maximum atomic E-state index is 8.87. The lowest BCUT2D eigenvalue weighted by molar-refractivity contribution is 0.377. The second-order valence-corrected chi connectivity index (χ2v) is 2.96. The number of hydrogen-bond acceptors (Lipinski definition) is 3. The molecule has 0 radical (unpaired) electrons. The summed E-state index contributed by atoms with van der Waals surface area (Å²) >= 11 is 0. The Balaban J connectivity index is 2.49. The standard InChI is InChI=1S/C10H7N3/c11-5-10-9-4-2-1-3-8(9)6-13(10)7-12/h1-4,10H,6H2. The van der Waals surface area contributed by atoms with E-state index in [9.17, 15) is 0 Å². The van der Waals surface area contributed by atoms with Crippen LogP contribution in [-0.2, 0) is 6.54 Å². The topological polar surface area (TPSA) is 50.8 Å². The molecule has 1 aliphatic heterocycles. The molecule has 0 fully saturated rings. The van der Waals surface area contributed by atoms with E-state index in [1.165, 1.54) is 4.90 Å². The summed E-state index contributed by atoms with van der Waals surface area (Å²) in [6.45, 7) is 0.560. The number of nitriles is 2. The smallest absolute Gasteiger partial charge is 0.181 e. The van der Waals surface area contributed by atoms with Crippen molar-refractivity contribution in [3.63, 3.8) is 0 Å². The Hall–Kier alpha value is -2.00. The molecule has 3 nitrogen and oxygen atoms in total. The zero-order valence-corrected chi connectivity index (χ0v) is 6.94. The maximum Gasteiger partial charge on any atom is 0.181 e. The molecule has 0 saturated carbocycles. The maximum absolute atomic E-state index is 8.87. The molecule has 1 aromatic carbocycles. The number of rotatable bonds is 0. The van der Waals surface area contributed by atoms with E-state index >= 15 is 0 Å². The second-order valence-electron chi connectivity index (χ2n) is 2.96. The van der Waals surface area contributed by atoms with Crippen LogP contribution in [0.15, 0.2) is 24.3 Å². The van der Waals surface area contributed by atoms with E-state index in [4.69, 9.17) is 10.5 Å². The first-order valence-corrected chi connectivity index (χ1v) is 4.00. The third-order valence-electron chi connectivity index (χ3n) is 2.25. The fourth-order valence-electron chi connectivity index (χ4n) is 1.62. The van der Waals surface area contributed by atoms with Crippen molar-refractivity contribution in [3.05, 3.63) is 35.4 Å². The van der Waals surface area contributed by atoms with Gasteiger partial charge in [-0.15, -0.1) is 0 Å². The lowest BCUT2D eigenvalue weighted by Crippen LogP contribution is -2.13. The molecule has 3 heteroatoms. The highest BCUT2D eigenvalue weighted by Gasteiger charge is 2.28. The molecule has 1 unspecified atom stereocenters. The summed E-state index contributed by atoms with van der Waals surface area (Å²) in [5.74, 6) is 0. The van der Waals surface area contributed by atoms with E-state index in [0.717, 1.165) is 11.1 Å². The molecule has 1 aliphatic rings. The first-order valence-electron chi connectivity index (χ1n) is 4.00. The molecular formula is C10H7N3. The van der Waals surface area contributed by atoms with Crippen molar-refractivity contribution in [2.75, 3.05) is 0 Å². The van der Waals surface area contributed by atoms with Gasteiger partial charge in [0.15, 0.2) is 12.2 Å². The van der Waals surface area contributed by atoms with Crippen LogP contribution in [0.4, 0.5) is 0 Å². The summed E-state index contributed by atoms with van der Waals surface area (Å²) < 4.78 is 0. The summed E-state index contributed by atoms with van der Waals surface area (Å²) in [7, 11) is 0. The molecule has 0 spiro atoms. The first kappa shape index (κ1) is 7.64. The Kier molecular flexibility index (Phi) is 1.65. The molecule has 13 heavy (non-hydrogen) atoms. The lowest BCUT2D eigenvalue weighted by Gasteiger charge is -2.09. The fourth-order valence-corrected chi connectivity index (χ4v) is 1.62. The van der Waals surface area contributed by atoms with Gasteiger partial charge in [-0.1, -0.05) is 24.3 Å². The zero-order chi connectivity index (χ0) is 9.26. The predicted octanol–water partition coefficient (Wildman–Crippen LogP) is 1.55. The number of fused-ring (bicyclic) bond motifs is 1. The number of nitrogens with zero attached hydrogens (tertiary/aromatic N) is 3. The van der Waals surface area contributed by atoms with E-state index < -0.39 is 0 Å². The van der Waals surface area contributed by atoms with Crippen LogP contribution in [0.1, 0.15) is 17.2 Å². The van der Waals surface area contributed by atoms with Gasteiger partial charge >= 0.3 is 0 Å². The van der Waals surface area contributed by atoms with Crippen molar-refractivity contribution in [1.29, 1.82) is 10.5 Å². The van der Waals surface area contributed by atoms with E-state index in [0.29, 0.717) is 6.54 Å². The SMILES string of the molecule is N#CC1c2ccccc2CN1C#N. The molecule has 0 N–H and O–H groups in total. The van der Waals surface area contributed by atoms with E-state index in [1.54, 1.807) is 0 Å². The van der Waals surface area contributed by atoms with Crippen LogP contribution in [0.2, 0.25) is 0 Å². The third kappa shape index (κ3) is 1.02. The summed E-state index contributed by atoms with van der Waals surface area (Å²) in [4.78, 5) is 1.49. The van der Waals surface area contributed by atoms with Crippen molar-refractivity contribution < 1.29 is 0 Å². The van der Waals surface area contributed by atoms with Crippen molar-refractivity contribution in [3.8, 4) is 12.3 Å². The van der Waals surface area contributed by atoms with E-state index in [2.05, 4.69) is 6.07 Å². The largest absolute Gasteiger partial charge is 0.285 e. The first-order chi connectivity index (χ1) is 6.36. The number of benzene rings is 1. The van der Waals surface area contributed by atoms with Gasteiger partial charge in [0.25, 0.3) is 0 Å². The molecule has 1 atom stereocenters. The van der Waals surface area contributed by atoms with Gasteiger partial charge in [0.1, 0.15) is 0 Å². The molecule has 0 amide bonds. The fraction of sp³-hybridized carbons (Fsp3) is 0.200. The van der Waals surface area contributed by atoms with Crippen molar-refractivity contribution in [2.45, 2.75) is 12.6 Å². The Morgan fingerprint density at radius 3 is 2.77 bits per heavy atom. The summed E-state index contributed by atoms with van der Waals surface area (Å²) in [6, 6.07) is 9.41. The molecule has 2 rings (SSSR count). The van der Waals surface area contributed by atoms with Crippen molar-refractivity contribution in [2.24, 2.45) is 0 Å². The minimum Gasteiger partial charge on any atom is -0.285 e. The number of hydrogen-bond donors (Lipinski definition) is 0. The molecule has 0 aromatic heterocycles. The van der Waals surface area contributed by atoms with Crippen molar-refractivity contribution >= 4 is 0 Å². The molecule has 1 aromatic rings. The summed E-state index contributed by atoms with van der Waals surface area (Å²) in [5, 5.41) is 17.6. The zero-order valence-electron chi connectivity index (χ0n) is 6.94. The monoisotopic (exact) mass is 169 g/mol. The van der Waals surface area contributed by atoms with Crippen LogP contribution in [0.25, 0.3) is 0 Å². The molecule has 0 bridgehead atoms. The summed E-state index contributed by atoms with van der Waals surface area (Å²) in [5.41, 5.74) is 2.04. The van der Waals surface area contributed by atoms with Crippen LogP contribution in [0.5, 0.6) is 0 Å². The minimum atomic E-state index is -0.388. The van der Waals surface area contributed by atoms with Crippen LogP contribution < -0.4 is 0 Å². The van der Waals surface area contributed by atoms with Gasteiger partial charge in [-0.2, -0.15) is 10.5 Å². The van der Waals surface area contributed by atoms with Gasteiger partial charge in [0.05, 0.1) is 12.6 Å². The van der Waals surface area contributed by atoms with E-state index in [1.807, 2.05) is 30.5 Å². The highest BCUT2D eigenvalue weighted by atomic mass is 15.2. The quantitative estimate of drug-likeness (QED) is 0.553. The van der Waals surface area contributed by atoms with Crippen LogP contribution in [0.3, 0.4) is 0 Å². The minimum absolute atomic E-state index is 0.388. The van der Waals surface area contributed by atoms with Crippen LogP contribution >= 0.6 is 0 Å². The van der Waals surface area contributed by atoms with Gasteiger partial charge in [-0.05, 0) is 11.1 Å². The second kappa shape index (κ2) is 2.80. The average Bonchev–Trinajstić information content (AvgIpc) is 2.55. The highest BCUT2D eigenvalue weighted by Crippen LogP contribution is 2.31. The normalized spacial score (nSPS) is 18.9. The molecule has 0 aliphatic carbocycles.